The zero-order valence-electron chi connectivity index (χ0n) is 12.3. The second-order valence-corrected chi connectivity index (χ2v) is 4.65. The summed E-state index contributed by atoms with van der Waals surface area (Å²) in [5, 5.41) is 8.98. The quantitative estimate of drug-likeness (QED) is 0.652. The van der Waals surface area contributed by atoms with Crippen LogP contribution in [0.5, 0.6) is 5.75 Å². The Morgan fingerprint density at radius 2 is 2.05 bits per heavy atom. The van der Waals surface area contributed by atoms with Gasteiger partial charge in [0, 0.05) is 0 Å². The van der Waals surface area contributed by atoms with Crippen LogP contribution in [0.3, 0.4) is 0 Å². The molecular formula is C16H22ClNO3. The van der Waals surface area contributed by atoms with Gasteiger partial charge < -0.3 is 27.0 Å². The fourth-order valence-electron chi connectivity index (χ4n) is 2.02. The highest BCUT2D eigenvalue weighted by Crippen LogP contribution is 2.13. The van der Waals surface area contributed by atoms with Crippen molar-refractivity contribution >= 4 is 12.0 Å². The molecule has 1 N–H and O–H groups in total. The van der Waals surface area contributed by atoms with E-state index in [9.17, 15) is 0 Å². The average Bonchev–Trinajstić information content (AvgIpc) is 2.92. The van der Waals surface area contributed by atoms with E-state index in [0.717, 1.165) is 36.8 Å². The van der Waals surface area contributed by atoms with Crippen LogP contribution in [0.15, 0.2) is 30.3 Å². The van der Waals surface area contributed by atoms with E-state index < -0.39 is 0 Å². The molecule has 0 amide bonds. The summed E-state index contributed by atoms with van der Waals surface area (Å²) in [6, 6.07) is 7.99. The van der Waals surface area contributed by atoms with Gasteiger partial charge in [-0.05, 0) is 30.2 Å². The Morgan fingerprint density at radius 1 is 1.29 bits per heavy atom. The first kappa shape index (κ1) is 17.5. The van der Waals surface area contributed by atoms with Crippen LogP contribution in [0.2, 0.25) is 0 Å². The molecule has 0 saturated carbocycles. The van der Waals surface area contributed by atoms with Crippen molar-refractivity contribution in [2.24, 2.45) is 0 Å². The van der Waals surface area contributed by atoms with E-state index in [1.807, 2.05) is 41.0 Å². The number of hydrogen-bond donors (Lipinski definition) is 1. The van der Waals surface area contributed by atoms with E-state index in [0.29, 0.717) is 13.2 Å². The van der Waals surface area contributed by atoms with Gasteiger partial charge in [0.25, 0.3) is 0 Å². The number of benzene rings is 1. The van der Waals surface area contributed by atoms with Crippen LogP contribution < -0.4 is 17.1 Å². The van der Waals surface area contributed by atoms with Crippen molar-refractivity contribution in [2.75, 3.05) is 32.9 Å². The van der Waals surface area contributed by atoms with E-state index in [-0.39, 0.29) is 19.0 Å². The molecule has 0 fully saturated rings. The van der Waals surface area contributed by atoms with E-state index >= 15 is 0 Å². The number of aliphatic hydroxyl groups excluding tert-OH is 1. The van der Waals surface area contributed by atoms with Crippen molar-refractivity contribution in [1.29, 1.82) is 0 Å². The highest BCUT2D eigenvalue weighted by atomic mass is 35.5. The smallest absolute Gasteiger partial charge is 0.362 e. The van der Waals surface area contributed by atoms with Crippen molar-refractivity contribution in [1.82, 2.24) is 0 Å². The maximum atomic E-state index is 8.98. The van der Waals surface area contributed by atoms with E-state index in [2.05, 4.69) is 6.92 Å². The first-order chi connectivity index (χ1) is 9.83. The number of aliphatic hydroxyl groups is 1. The molecule has 0 bridgehead atoms. The average molecular weight is 312 g/mol. The molecule has 0 aromatic heterocycles. The maximum absolute atomic E-state index is 8.98. The third kappa shape index (κ3) is 5.40. The number of ether oxygens (including phenoxy) is 2. The lowest BCUT2D eigenvalue weighted by atomic mass is 10.2. The summed E-state index contributed by atoms with van der Waals surface area (Å²) in [6.07, 6.45) is 4.97. The van der Waals surface area contributed by atoms with E-state index in [1.54, 1.807) is 0 Å². The van der Waals surface area contributed by atoms with Gasteiger partial charge in [-0.3, -0.25) is 0 Å². The number of rotatable bonds is 7. The highest BCUT2D eigenvalue weighted by molar-refractivity contribution is 5.88. The monoisotopic (exact) mass is 311 g/mol. The molecular weight excluding hydrogens is 290 g/mol. The third-order valence-electron chi connectivity index (χ3n) is 3.06. The second-order valence-electron chi connectivity index (χ2n) is 4.65. The summed E-state index contributed by atoms with van der Waals surface area (Å²) in [5.41, 5.74) is 1.10. The topological polar surface area (TPSA) is 41.7 Å². The van der Waals surface area contributed by atoms with Crippen LogP contribution in [0.25, 0.3) is 6.08 Å². The van der Waals surface area contributed by atoms with Gasteiger partial charge in [-0.1, -0.05) is 19.1 Å². The number of halogens is 1. The van der Waals surface area contributed by atoms with Crippen LogP contribution in [0.4, 0.5) is 0 Å². The predicted molar refractivity (Wildman–Crippen MR) is 79.3 cm³/mol. The number of nitrogens with zero attached hydrogens (tertiary/aromatic N) is 1. The zero-order chi connectivity index (χ0) is 14.2. The molecule has 1 aromatic carbocycles. The maximum Gasteiger partial charge on any atom is 0.362 e. The predicted octanol–water partition coefficient (Wildman–Crippen LogP) is -1.07. The Kier molecular flexibility index (Phi) is 7.87. The lowest BCUT2D eigenvalue weighted by Gasteiger charge is -2.03. The lowest BCUT2D eigenvalue weighted by molar-refractivity contribution is -0.519. The standard InChI is InChI=1S/C16H22NO3.ClH/c1-2-12-19-15-6-3-14(4-7-15)5-8-16-17(9-11-18)10-13-20-16;/h3-8,18H,2,9-13H2,1H3;1H/q+1;/p-1/b8-5+;. The summed E-state index contributed by atoms with van der Waals surface area (Å²) in [5.74, 6) is 1.72. The van der Waals surface area contributed by atoms with Gasteiger partial charge in [-0.25, -0.2) is 0 Å². The zero-order valence-corrected chi connectivity index (χ0v) is 13.1. The molecule has 5 heteroatoms. The number of hydrogen-bond acceptors (Lipinski definition) is 3. The first-order valence-electron chi connectivity index (χ1n) is 7.10. The normalized spacial score (nSPS) is 14.2. The SMILES string of the molecule is CCCOc1ccc(/C=C/C2=[N+](CCO)CCO2)cc1.[Cl-]. The highest BCUT2D eigenvalue weighted by Gasteiger charge is 2.20. The molecule has 1 aliphatic heterocycles. The molecule has 0 unspecified atom stereocenters. The molecule has 0 aliphatic carbocycles. The van der Waals surface area contributed by atoms with Crippen molar-refractivity contribution in [2.45, 2.75) is 13.3 Å². The van der Waals surface area contributed by atoms with Crippen LogP contribution in [-0.4, -0.2) is 48.5 Å². The molecule has 1 aromatic rings. The van der Waals surface area contributed by atoms with Crippen LogP contribution in [0, 0.1) is 0 Å². The van der Waals surface area contributed by atoms with E-state index in [1.165, 1.54) is 0 Å². The Hall–Kier alpha value is -1.52. The second kappa shape index (κ2) is 9.42. The molecule has 0 radical (unpaired) electrons. The van der Waals surface area contributed by atoms with E-state index in [4.69, 9.17) is 14.6 Å². The number of β-amino-alcohol motifs (C(OH)–C–C–N with tert-alkyl or cyclic N) is 1. The molecule has 1 aliphatic rings. The van der Waals surface area contributed by atoms with Crippen molar-refractivity contribution in [3.8, 4) is 5.75 Å². The minimum atomic E-state index is 0. The first-order valence-corrected chi connectivity index (χ1v) is 7.10. The third-order valence-corrected chi connectivity index (χ3v) is 3.06. The summed E-state index contributed by atoms with van der Waals surface area (Å²) < 4.78 is 13.1. The molecule has 2 rings (SSSR count). The molecule has 1 heterocycles. The van der Waals surface area contributed by atoms with Gasteiger partial charge in [0.2, 0.25) is 0 Å². The molecule has 21 heavy (non-hydrogen) atoms. The molecule has 4 nitrogen and oxygen atoms in total. The van der Waals surface area contributed by atoms with Crippen LogP contribution >= 0.6 is 0 Å². The van der Waals surface area contributed by atoms with Gasteiger partial charge in [0.05, 0.1) is 12.7 Å². The summed E-state index contributed by atoms with van der Waals surface area (Å²) in [4.78, 5) is 0. The van der Waals surface area contributed by atoms with Gasteiger partial charge in [0.1, 0.15) is 12.4 Å². The molecule has 0 saturated heterocycles. The molecule has 116 valence electrons. The largest absolute Gasteiger partial charge is 1.00 e. The fourth-order valence-corrected chi connectivity index (χ4v) is 2.02. The Labute approximate surface area is 132 Å². The van der Waals surface area contributed by atoms with Crippen LogP contribution in [0.1, 0.15) is 18.9 Å². The minimum absolute atomic E-state index is 0. The van der Waals surface area contributed by atoms with Crippen molar-refractivity contribution in [3.63, 3.8) is 0 Å². The molecule has 0 atom stereocenters. The fraction of sp³-hybridized carbons (Fsp3) is 0.438. The summed E-state index contributed by atoms with van der Waals surface area (Å²) >= 11 is 0. The van der Waals surface area contributed by atoms with Crippen molar-refractivity contribution in [3.05, 3.63) is 35.9 Å². The van der Waals surface area contributed by atoms with Gasteiger partial charge >= 0.3 is 5.90 Å². The molecule has 0 spiro atoms. The minimum Gasteiger partial charge on any atom is -1.00 e. The Morgan fingerprint density at radius 3 is 2.71 bits per heavy atom. The Bertz CT molecular complexity index is 483. The Balaban J connectivity index is 0.00000220. The van der Waals surface area contributed by atoms with Crippen LogP contribution in [-0.2, 0) is 4.74 Å². The van der Waals surface area contributed by atoms with Crippen molar-refractivity contribution < 1.29 is 31.6 Å². The lowest BCUT2D eigenvalue weighted by Crippen LogP contribution is -3.00. The van der Waals surface area contributed by atoms with Gasteiger partial charge in [-0.2, -0.15) is 4.58 Å². The summed E-state index contributed by atoms with van der Waals surface area (Å²) in [7, 11) is 0. The van der Waals surface area contributed by atoms with Gasteiger partial charge in [0.15, 0.2) is 19.7 Å². The summed E-state index contributed by atoms with van der Waals surface area (Å²) in [6.45, 7) is 5.12. The van der Waals surface area contributed by atoms with Gasteiger partial charge in [-0.15, -0.1) is 0 Å².